The van der Waals surface area contributed by atoms with Crippen LogP contribution in [0.2, 0.25) is 0 Å². The third-order valence-corrected chi connectivity index (χ3v) is 1.98. The molecule has 0 aliphatic rings. The molecule has 1 rings (SSSR count). The van der Waals surface area contributed by atoms with E-state index in [1.54, 1.807) is 6.20 Å². The third-order valence-electron chi connectivity index (χ3n) is 1.98. The SMILES string of the molecule is CCCOc1ccc(C(C)(C)C)nc1. The fourth-order valence-corrected chi connectivity index (χ4v) is 1.13. The van der Waals surface area contributed by atoms with Gasteiger partial charge in [-0.3, -0.25) is 4.98 Å². The van der Waals surface area contributed by atoms with Crippen molar-refractivity contribution in [2.75, 3.05) is 6.61 Å². The van der Waals surface area contributed by atoms with Crippen molar-refractivity contribution in [2.24, 2.45) is 0 Å². The summed E-state index contributed by atoms with van der Waals surface area (Å²) in [6, 6.07) is 4.02. The molecule has 0 aromatic carbocycles. The van der Waals surface area contributed by atoms with E-state index in [1.165, 1.54) is 0 Å². The first-order valence-corrected chi connectivity index (χ1v) is 5.13. The van der Waals surface area contributed by atoms with Crippen LogP contribution in [0.5, 0.6) is 5.75 Å². The summed E-state index contributed by atoms with van der Waals surface area (Å²) in [5.41, 5.74) is 1.21. The summed E-state index contributed by atoms with van der Waals surface area (Å²) in [5.74, 6) is 0.861. The number of rotatable bonds is 3. The summed E-state index contributed by atoms with van der Waals surface area (Å²) < 4.78 is 5.46. The number of ether oxygens (including phenoxy) is 1. The van der Waals surface area contributed by atoms with Crippen LogP contribution in [-0.4, -0.2) is 11.6 Å². The van der Waals surface area contributed by atoms with Gasteiger partial charge in [-0.25, -0.2) is 0 Å². The van der Waals surface area contributed by atoms with Crippen molar-refractivity contribution in [1.29, 1.82) is 0 Å². The van der Waals surface area contributed by atoms with E-state index in [4.69, 9.17) is 4.74 Å². The number of pyridine rings is 1. The van der Waals surface area contributed by atoms with Gasteiger partial charge in [-0.2, -0.15) is 0 Å². The van der Waals surface area contributed by atoms with E-state index in [0.29, 0.717) is 0 Å². The quantitative estimate of drug-likeness (QED) is 0.735. The Morgan fingerprint density at radius 2 is 2.00 bits per heavy atom. The van der Waals surface area contributed by atoms with Gasteiger partial charge in [-0.1, -0.05) is 27.7 Å². The highest BCUT2D eigenvalue weighted by Crippen LogP contribution is 2.21. The summed E-state index contributed by atoms with van der Waals surface area (Å²) in [4.78, 5) is 4.38. The molecule has 0 bridgehead atoms. The number of hydrogen-bond donors (Lipinski definition) is 0. The Balaban J connectivity index is 2.69. The molecule has 0 N–H and O–H groups in total. The molecule has 2 nitrogen and oxygen atoms in total. The molecule has 0 radical (unpaired) electrons. The fraction of sp³-hybridized carbons (Fsp3) is 0.583. The normalized spacial score (nSPS) is 11.4. The van der Waals surface area contributed by atoms with Crippen molar-refractivity contribution >= 4 is 0 Å². The molecular weight excluding hydrogens is 174 g/mol. The van der Waals surface area contributed by atoms with E-state index in [0.717, 1.165) is 24.5 Å². The first-order valence-electron chi connectivity index (χ1n) is 5.13. The molecule has 1 aromatic rings. The van der Waals surface area contributed by atoms with Crippen molar-refractivity contribution in [3.63, 3.8) is 0 Å². The van der Waals surface area contributed by atoms with Gasteiger partial charge >= 0.3 is 0 Å². The Labute approximate surface area is 86.3 Å². The van der Waals surface area contributed by atoms with Gasteiger partial charge in [-0.15, -0.1) is 0 Å². The molecule has 78 valence electrons. The van der Waals surface area contributed by atoms with Crippen molar-refractivity contribution in [3.8, 4) is 5.75 Å². The van der Waals surface area contributed by atoms with Gasteiger partial charge in [0.2, 0.25) is 0 Å². The average molecular weight is 193 g/mol. The van der Waals surface area contributed by atoms with Crippen molar-refractivity contribution in [3.05, 3.63) is 24.0 Å². The molecule has 0 unspecified atom stereocenters. The van der Waals surface area contributed by atoms with Crippen LogP contribution < -0.4 is 4.74 Å². The molecule has 1 heterocycles. The second-order valence-corrected chi connectivity index (χ2v) is 4.48. The van der Waals surface area contributed by atoms with Crippen molar-refractivity contribution in [2.45, 2.75) is 39.5 Å². The average Bonchev–Trinajstić information content (AvgIpc) is 2.14. The van der Waals surface area contributed by atoms with Gasteiger partial charge in [0.1, 0.15) is 5.75 Å². The molecule has 0 atom stereocenters. The van der Waals surface area contributed by atoms with Crippen LogP contribution in [0, 0.1) is 0 Å². The predicted octanol–water partition coefficient (Wildman–Crippen LogP) is 3.17. The predicted molar refractivity (Wildman–Crippen MR) is 58.7 cm³/mol. The molecule has 0 spiro atoms. The standard InChI is InChI=1S/C12H19NO/c1-5-8-14-10-6-7-11(13-9-10)12(2,3)4/h6-7,9H,5,8H2,1-4H3. The molecule has 0 amide bonds. The van der Waals surface area contributed by atoms with Gasteiger partial charge in [0.05, 0.1) is 12.8 Å². The minimum Gasteiger partial charge on any atom is -0.492 e. The zero-order valence-corrected chi connectivity index (χ0v) is 9.50. The van der Waals surface area contributed by atoms with Crippen LogP contribution >= 0.6 is 0 Å². The highest BCUT2D eigenvalue weighted by molar-refractivity contribution is 5.23. The van der Waals surface area contributed by atoms with Gasteiger partial charge in [0, 0.05) is 11.1 Å². The monoisotopic (exact) mass is 193 g/mol. The third kappa shape index (κ3) is 3.02. The minimum absolute atomic E-state index is 0.114. The van der Waals surface area contributed by atoms with Crippen LogP contribution in [0.4, 0.5) is 0 Å². The second-order valence-electron chi connectivity index (χ2n) is 4.48. The van der Waals surface area contributed by atoms with Crippen LogP contribution in [0.3, 0.4) is 0 Å². The molecule has 0 aliphatic carbocycles. The maximum absolute atomic E-state index is 5.46. The molecule has 0 aliphatic heterocycles. The Bertz CT molecular complexity index is 271. The largest absolute Gasteiger partial charge is 0.492 e. The molecular formula is C12H19NO. The van der Waals surface area contributed by atoms with Gasteiger partial charge in [0.15, 0.2) is 0 Å². The van der Waals surface area contributed by atoms with Crippen LogP contribution in [0.1, 0.15) is 39.8 Å². The van der Waals surface area contributed by atoms with E-state index in [1.807, 2.05) is 12.1 Å². The number of aromatic nitrogens is 1. The lowest BCUT2D eigenvalue weighted by molar-refractivity contribution is 0.315. The Hall–Kier alpha value is -1.05. The first-order chi connectivity index (χ1) is 6.54. The maximum Gasteiger partial charge on any atom is 0.137 e. The summed E-state index contributed by atoms with van der Waals surface area (Å²) in [6.07, 6.45) is 2.83. The van der Waals surface area contributed by atoms with E-state index in [-0.39, 0.29) is 5.41 Å². The van der Waals surface area contributed by atoms with E-state index in [2.05, 4.69) is 32.7 Å². The highest BCUT2D eigenvalue weighted by Gasteiger charge is 2.14. The van der Waals surface area contributed by atoms with Crippen LogP contribution in [0.15, 0.2) is 18.3 Å². The highest BCUT2D eigenvalue weighted by atomic mass is 16.5. The van der Waals surface area contributed by atoms with E-state index in [9.17, 15) is 0 Å². The minimum atomic E-state index is 0.114. The molecule has 0 saturated heterocycles. The second kappa shape index (κ2) is 4.45. The maximum atomic E-state index is 5.46. The molecule has 0 saturated carbocycles. The van der Waals surface area contributed by atoms with E-state index >= 15 is 0 Å². The Kier molecular flexibility index (Phi) is 3.50. The van der Waals surface area contributed by atoms with Gasteiger partial charge in [0.25, 0.3) is 0 Å². The summed E-state index contributed by atoms with van der Waals surface area (Å²) in [5, 5.41) is 0. The molecule has 0 fully saturated rings. The smallest absolute Gasteiger partial charge is 0.137 e. The lowest BCUT2D eigenvalue weighted by atomic mass is 9.92. The van der Waals surface area contributed by atoms with Gasteiger partial charge in [-0.05, 0) is 18.6 Å². The van der Waals surface area contributed by atoms with Crippen LogP contribution in [0.25, 0.3) is 0 Å². The molecule has 14 heavy (non-hydrogen) atoms. The molecule has 1 aromatic heterocycles. The summed E-state index contributed by atoms with van der Waals surface area (Å²) in [6.45, 7) is 9.32. The van der Waals surface area contributed by atoms with E-state index < -0.39 is 0 Å². The number of nitrogens with zero attached hydrogens (tertiary/aromatic N) is 1. The van der Waals surface area contributed by atoms with Crippen molar-refractivity contribution < 1.29 is 4.74 Å². The lowest BCUT2D eigenvalue weighted by Gasteiger charge is -2.17. The zero-order valence-electron chi connectivity index (χ0n) is 9.50. The first kappa shape index (κ1) is 11.0. The molecule has 2 heteroatoms. The van der Waals surface area contributed by atoms with Gasteiger partial charge < -0.3 is 4.74 Å². The Morgan fingerprint density at radius 1 is 1.29 bits per heavy atom. The lowest BCUT2D eigenvalue weighted by Crippen LogP contribution is -2.13. The zero-order chi connectivity index (χ0) is 10.6. The summed E-state index contributed by atoms with van der Waals surface area (Å²) >= 11 is 0. The summed E-state index contributed by atoms with van der Waals surface area (Å²) in [7, 11) is 0. The topological polar surface area (TPSA) is 22.1 Å². The Morgan fingerprint density at radius 3 is 2.43 bits per heavy atom. The fourth-order valence-electron chi connectivity index (χ4n) is 1.13. The van der Waals surface area contributed by atoms with Crippen LogP contribution in [-0.2, 0) is 5.41 Å². The van der Waals surface area contributed by atoms with Crippen molar-refractivity contribution in [1.82, 2.24) is 4.98 Å². The number of hydrogen-bond acceptors (Lipinski definition) is 2.